The zero-order chi connectivity index (χ0) is 18.6. The van der Waals surface area contributed by atoms with E-state index in [4.69, 9.17) is 9.97 Å². The number of piperidine rings is 1. The van der Waals surface area contributed by atoms with Gasteiger partial charge in [0.2, 0.25) is 0 Å². The molecule has 5 heteroatoms. The van der Waals surface area contributed by atoms with Crippen molar-refractivity contribution in [3.8, 4) is 0 Å². The van der Waals surface area contributed by atoms with Crippen molar-refractivity contribution in [1.82, 2.24) is 14.9 Å². The fraction of sp³-hybridized carbons (Fsp3) is 0.545. The molecule has 2 aromatic rings. The average molecular weight is 366 g/mol. The fourth-order valence-corrected chi connectivity index (χ4v) is 4.21. The summed E-state index contributed by atoms with van der Waals surface area (Å²) in [4.78, 5) is 16.7. The summed E-state index contributed by atoms with van der Waals surface area (Å²) in [6.45, 7) is 8.50. The largest absolute Gasteiger partial charge is 0.356 e. The minimum Gasteiger partial charge on any atom is -0.356 e. The molecule has 2 fully saturated rings. The van der Waals surface area contributed by atoms with Gasteiger partial charge in [-0.3, -0.25) is 0 Å². The molecule has 0 spiro atoms. The molecule has 144 valence electrons. The van der Waals surface area contributed by atoms with Crippen LogP contribution in [0.1, 0.15) is 24.2 Å². The van der Waals surface area contributed by atoms with E-state index in [-0.39, 0.29) is 0 Å². The van der Waals surface area contributed by atoms with Gasteiger partial charge in [0, 0.05) is 45.3 Å². The average Bonchev–Trinajstić information content (AvgIpc) is 2.69. The second-order valence-electron chi connectivity index (χ2n) is 8.04. The van der Waals surface area contributed by atoms with E-state index in [9.17, 15) is 0 Å². The van der Waals surface area contributed by atoms with Gasteiger partial charge < -0.3 is 14.7 Å². The number of anilines is 2. The summed E-state index contributed by atoms with van der Waals surface area (Å²) < 4.78 is 0. The first-order valence-electron chi connectivity index (χ1n) is 10.3. The summed E-state index contributed by atoms with van der Waals surface area (Å²) in [5, 5.41) is 0. The van der Waals surface area contributed by atoms with Crippen molar-refractivity contribution in [3.63, 3.8) is 0 Å². The van der Waals surface area contributed by atoms with Gasteiger partial charge in [-0.15, -0.1) is 0 Å². The third-order valence-electron chi connectivity index (χ3n) is 5.94. The van der Waals surface area contributed by atoms with Crippen LogP contribution in [0.5, 0.6) is 0 Å². The van der Waals surface area contributed by atoms with Crippen LogP contribution in [0, 0.1) is 12.8 Å². The van der Waals surface area contributed by atoms with Crippen molar-refractivity contribution in [2.75, 3.05) is 56.1 Å². The van der Waals surface area contributed by atoms with Crippen molar-refractivity contribution in [2.24, 2.45) is 5.92 Å². The first kappa shape index (κ1) is 18.2. The maximum absolute atomic E-state index is 4.75. The molecule has 2 aliphatic heterocycles. The first-order valence-corrected chi connectivity index (χ1v) is 10.3. The Morgan fingerprint density at radius 3 is 2.07 bits per heavy atom. The van der Waals surface area contributed by atoms with E-state index in [0.717, 1.165) is 62.6 Å². The lowest BCUT2D eigenvalue weighted by molar-refractivity contribution is 0.312. The fourth-order valence-electron chi connectivity index (χ4n) is 4.21. The number of hydrogen-bond acceptors (Lipinski definition) is 5. The lowest BCUT2D eigenvalue weighted by atomic mass is 9.90. The van der Waals surface area contributed by atoms with Crippen molar-refractivity contribution in [3.05, 3.63) is 47.8 Å². The first-order chi connectivity index (χ1) is 13.2. The van der Waals surface area contributed by atoms with Crippen molar-refractivity contribution in [1.29, 1.82) is 0 Å². The van der Waals surface area contributed by atoms with Crippen molar-refractivity contribution in [2.45, 2.75) is 26.2 Å². The number of aromatic nitrogens is 2. The van der Waals surface area contributed by atoms with Gasteiger partial charge in [-0.05, 0) is 44.7 Å². The Labute approximate surface area is 163 Å². The molecule has 0 amide bonds. The highest BCUT2D eigenvalue weighted by molar-refractivity contribution is 5.51. The van der Waals surface area contributed by atoms with E-state index in [1.807, 2.05) is 6.92 Å². The molecule has 2 saturated heterocycles. The molecule has 0 N–H and O–H groups in total. The van der Waals surface area contributed by atoms with Crippen molar-refractivity contribution < 1.29 is 0 Å². The molecule has 27 heavy (non-hydrogen) atoms. The molecule has 0 saturated carbocycles. The van der Waals surface area contributed by atoms with E-state index in [1.54, 1.807) is 0 Å². The lowest BCUT2D eigenvalue weighted by Gasteiger charge is -2.35. The minimum absolute atomic E-state index is 0.781. The Morgan fingerprint density at radius 2 is 1.44 bits per heavy atom. The monoisotopic (exact) mass is 365 g/mol. The summed E-state index contributed by atoms with van der Waals surface area (Å²) >= 11 is 0. The van der Waals surface area contributed by atoms with Crippen LogP contribution in [0.25, 0.3) is 0 Å². The Hall–Kier alpha value is -2.14. The van der Waals surface area contributed by atoms with Gasteiger partial charge in [-0.1, -0.05) is 30.3 Å². The number of hydrogen-bond donors (Lipinski definition) is 0. The predicted octanol–water partition coefficient (Wildman–Crippen LogP) is 3.00. The summed E-state index contributed by atoms with van der Waals surface area (Å²) in [6, 6.07) is 13.1. The number of likely N-dealkylation sites (N-methyl/N-ethyl adjacent to an activating group) is 1. The van der Waals surface area contributed by atoms with Crippen LogP contribution in [0.2, 0.25) is 0 Å². The van der Waals surface area contributed by atoms with Gasteiger partial charge in [0.1, 0.15) is 17.5 Å². The van der Waals surface area contributed by atoms with Crippen LogP contribution in [-0.4, -0.2) is 61.2 Å². The maximum atomic E-state index is 4.75. The number of piperazine rings is 1. The molecular weight excluding hydrogens is 334 g/mol. The van der Waals surface area contributed by atoms with Gasteiger partial charge in [-0.2, -0.15) is 0 Å². The zero-order valence-corrected chi connectivity index (χ0v) is 16.6. The smallest absolute Gasteiger partial charge is 0.134 e. The molecule has 5 nitrogen and oxygen atoms in total. The van der Waals surface area contributed by atoms with Crippen LogP contribution in [0.4, 0.5) is 11.6 Å². The SMILES string of the molecule is Cc1nc(N2CCC(Cc3ccccc3)CC2)cc(N2CCN(C)CC2)n1. The van der Waals surface area contributed by atoms with E-state index < -0.39 is 0 Å². The topological polar surface area (TPSA) is 35.5 Å². The third kappa shape index (κ3) is 4.59. The Kier molecular flexibility index (Phi) is 5.58. The van der Waals surface area contributed by atoms with Gasteiger partial charge in [0.05, 0.1) is 0 Å². The summed E-state index contributed by atoms with van der Waals surface area (Å²) in [5.41, 5.74) is 1.46. The second-order valence-corrected chi connectivity index (χ2v) is 8.04. The predicted molar refractivity (Wildman–Crippen MR) is 112 cm³/mol. The Morgan fingerprint density at radius 1 is 0.852 bits per heavy atom. The Bertz CT molecular complexity index is 732. The number of aryl methyl sites for hydroxylation is 1. The van der Waals surface area contributed by atoms with Crippen LogP contribution in [0.15, 0.2) is 36.4 Å². The highest BCUT2D eigenvalue weighted by atomic mass is 15.3. The normalized spacial score (nSPS) is 19.5. The van der Waals surface area contributed by atoms with E-state index in [0.29, 0.717) is 0 Å². The van der Waals surface area contributed by atoms with Gasteiger partial charge in [0.25, 0.3) is 0 Å². The van der Waals surface area contributed by atoms with E-state index >= 15 is 0 Å². The number of rotatable bonds is 4. The summed E-state index contributed by atoms with van der Waals surface area (Å²) in [5.74, 6) is 3.86. The molecule has 0 unspecified atom stereocenters. The molecule has 0 bridgehead atoms. The second kappa shape index (κ2) is 8.26. The number of nitrogens with zero attached hydrogens (tertiary/aromatic N) is 5. The summed E-state index contributed by atoms with van der Waals surface area (Å²) in [6.07, 6.45) is 3.67. The van der Waals surface area contributed by atoms with Crippen molar-refractivity contribution >= 4 is 11.6 Å². The van der Waals surface area contributed by atoms with E-state index in [1.165, 1.54) is 24.8 Å². The van der Waals surface area contributed by atoms with Gasteiger partial charge in [-0.25, -0.2) is 9.97 Å². The quantitative estimate of drug-likeness (QED) is 0.832. The lowest BCUT2D eigenvalue weighted by Crippen LogP contribution is -2.45. The molecule has 4 rings (SSSR count). The summed E-state index contributed by atoms with van der Waals surface area (Å²) in [7, 11) is 2.19. The van der Waals surface area contributed by atoms with Crippen LogP contribution in [-0.2, 0) is 6.42 Å². The standard InChI is InChI=1S/C22H31N5/c1-18-23-21(17-22(24-18)27-14-12-25(2)13-15-27)26-10-8-20(9-11-26)16-19-6-4-3-5-7-19/h3-7,17,20H,8-16H2,1-2H3. The molecule has 2 aliphatic rings. The molecule has 1 aromatic heterocycles. The molecule has 0 atom stereocenters. The number of benzene rings is 1. The van der Waals surface area contributed by atoms with E-state index in [2.05, 4.69) is 58.1 Å². The molecule has 0 aliphatic carbocycles. The minimum atomic E-state index is 0.781. The third-order valence-corrected chi connectivity index (χ3v) is 5.94. The van der Waals surface area contributed by atoms with Gasteiger partial charge >= 0.3 is 0 Å². The maximum Gasteiger partial charge on any atom is 0.134 e. The zero-order valence-electron chi connectivity index (χ0n) is 16.6. The molecular formula is C22H31N5. The molecule has 1 aromatic carbocycles. The Balaban J connectivity index is 1.39. The highest BCUT2D eigenvalue weighted by Crippen LogP contribution is 2.27. The highest BCUT2D eigenvalue weighted by Gasteiger charge is 2.22. The van der Waals surface area contributed by atoms with Crippen LogP contribution in [0.3, 0.4) is 0 Å². The van der Waals surface area contributed by atoms with Gasteiger partial charge in [0.15, 0.2) is 0 Å². The van der Waals surface area contributed by atoms with Crippen LogP contribution >= 0.6 is 0 Å². The molecule has 0 radical (unpaired) electrons. The van der Waals surface area contributed by atoms with Crippen LogP contribution < -0.4 is 9.80 Å². The molecule has 3 heterocycles.